The molecule has 1 unspecified atom stereocenters. The normalized spacial score (nSPS) is 24.3. The van der Waals surface area contributed by atoms with Crippen molar-refractivity contribution in [2.24, 2.45) is 0 Å². The molecular formula is C16H24N2. The van der Waals surface area contributed by atoms with Gasteiger partial charge in [-0.15, -0.1) is 0 Å². The van der Waals surface area contributed by atoms with E-state index < -0.39 is 0 Å². The molecule has 2 nitrogen and oxygen atoms in total. The predicted molar refractivity (Wildman–Crippen MR) is 77.3 cm³/mol. The van der Waals surface area contributed by atoms with E-state index in [-0.39, 0.29) is 0 Å². The van der Waals surface area contributed by atoms with Crippen LogP contribution in [0, 0.1) is 13.8 Å². The van der Waals surface area contributed by atoms with Gasteiger partial charge in [0.25, 0.3) is 0 Å². The molecule has 0 amide bonds. The second-order valence-corrected chi connectivity index (χ2v) is 6.02. The molecule has 3 rings (SSSR count). The van der Waals surface area contributed by atoms with Gasteiger partial charge < -0.3 is 10.2 Å². The first-order valence-electron chi connectivity index (χ1n) is 7.30. The minimum Gasteiger partial charge on any atom is -0.370 e. The van der Waals surface area contributed by atoms with Crippen molar-refractivity contribution in [3.05, 3.63) is 29.3 Å². The molecule has 1 N–H and O–H groups in total. The number of anilines is 1. The number of piperidine rings is 1. The van der Waals surface area contributed by atoms with E-state index in [9.17, 15) is 0 Å². The Labute approximate surface area is 110 Å². The van der Waals surface area contributed by atoms with E-state index in [4.69, 9.17) is 0 Å². The fourth-order valence-electron chi connectivity index (χ4n) is 2.98. The monoisotopic (exact) mass is 244 g/mol. The first kappa shape index (κ1) is 12.0. The minimum atomic E-state index is 0.700. The van der Waals surface area contributed by atoms with Crippen molar-refractivity contribution in [1.29, 1.82) is 0 Å². The number of nitrogens with zero attached hydrogens (tertiary/aromatic N) is 1. The summed E-state index contributed by atoms with van der Waals surface area (Å²) in [7, 11) is 0. The Hall–Kier alpha value is -1.02. The van der Waals surface area contributed by atoms with Crippen LogP contribution in [0.2, 0.25) is 0 Å². The SMILES string of the molecule is Cc1ccc(C)c(N2CCCC(NC3CC3)C2)c1. The molecule has 0 bridgehead atoms. The lowest BCUT2D eigenvalue weighted by Gasteiger charge is -2.36. The molecule has 0 radical (unpaired) electrons. The van der Waals surface area contributed by atoms with Crippen molar-refractivity contribution in [2.75, 3.05) is 18.0 Å². The van der Waals surface area contributed by atoms with Crippen molar-refractivity contribution in [3.63, 3.8) is 0 Å². The van der Waals surface area contributed by atoms with Gasteiger partial charge in [-0.3, -0.25) is 0 Å². The minimum absolute atomic E-state index is 0.700. The van der Waals surface area contributed by atoms with Gasteiger partial charge in [0.2, 0.25) is 0 Å². The smallest absolute Gasteiger partial charge is 0.0399 e. The zero-order chi connectivity index (χ0) is 12.5. The highest BCUT2D eigenvalue weighted by atomic mass is 15.2. The molecule has 1 heterocycles. The second-order valence-electron chi connectivity index (χ2n) is 6.02. The quantitative estimate of drug-likeness (QED) is 0.879. The summed E-state index contributed by atoms with van der Waals surface area (Å²) < 4.78 is 0. The molecule has 0 spiro atoms. The molecule has 98 valence electrons. The molecule has 1 aliphatic heterocycles. The van der Waals surface area contributed by atoms with Gasteiger partial charge in [0.1, 0.15) is 0 Å². The Balaban J connectivity index is 1.72. The summed E-state index contributed by atoms with van der Waals surface area (Å²) in [6.07, 6.45) is 5.44. The van der Waals surface area contributed by atoms with Gasteiger partial charge in [-0.2, -0.15) is 0 Å². The summed E-state index contributed by atoms with van der Waals surface area (Å²) in [4.78, 5) is 2.58. The van der Waals surface area contributed by atoms with Gasteiger partial charge in [0.15, 0.2) is 0 Å². The summed E-state index contributed by atoms with van der Waals surface area (Å²) in [5.41, 5.74) is 4.22. The molecule has 2 heteroatoms. The Morgan fingerprint density at radius 2 is 1.94 bits per heavy atom. The zero-order valence-corrected chi connectivity index (χ0v) is 11.6. The van der Waals surface area contributed by atoms with E-state index in [1.54, 1.807) is 0 Å². The van der Waals surface area contributed by atoms with Crippen molar-refractivity contribution < 1.29 is 0 Å². The maximum atomic E-state index is 3.78. The van der Waals surface area contributed by atoms with Gasteiger partial charge in [0.05, 0.1) is 0 Å². The molecule has 1 saturated heterocycles. The van der Waals surface area contributed by atoms with Gasteiger partial charge in [-0.25, -0.2) is 0 Å². The summed E-state index contributed by atoms with van der Waals surface area (Å²) in [5, 5.41) is 3.78. The van der Waals surface area contributed by atoms with Crippen molar-refractivity contribution >= 4 is 5.69 Å². The Kier molecular flexibility index (Phi) is 3.29. The third-order valence-electron chi connectivity index (χ3n) is 4.18. The van der Waals surface area contributed by atoms with Gasteiger partial charge in [0, 0.05) is 30.9 Å². The zero-order valence-electron chi connectivity index (χ0n) is 11.6. The number of rotatable bonds is 3. The standard InChI is InChI=1S/C16H24N2/c1-12-5-6-13(2)16(10-12)18-9-3-4-15(11-18)17-14-7-8-14/h5-6,10,14-15,17H,3-4,7-9,11H2,1-2H3. The average Bonchev–Trinajstić information content (AvgIpc) is 3.16. The highest BCUT2D eigenvalue weighted by molar-refractivity contribution is 5.55. The molecular weight excluding hydrogens is 220 g/mol. The molecule has 18 heavy (non-hydrogen) atoms. The topological polar surface area (TPSA) is 15.3 Å². The van der Waals surface area contributed by atoms with Crippen LogP contribution in [0.5, 0.6) is 0 Å². The van der Waals surface area contributed by atoms with Crippen molar-refractivity contribution in [2.45, 2.75) is 51.6 Å². The van der Waals surface area contributed by atoms with Gasteiger partial charge in [-0.1, -0.05) is 12.1 Å². The number of benzene rings is 1. The van der Waals surface area contributed by atoms with Crippen LogP contribution in [0.1, 0.15) is 36.8 Å². The van der Waals surface area contributed by atoms with E-state index >= 15 is 0 Å². The molecule has 0 aromatic heterocycles. The Bertz CT molecular complexity index is 423. The van der Waals surface area contributed by atoms with E-state index in [0.29, 0.717) is 6.04 Å². The summed E-state index contributed by atoms with van der Waals surface area (Å²) in [6, 6.07) is 8.33. The number of nitrogens with one attached hydrogen (secondary N) is 1. The second kappa shape index (κ2) is 4.93. The van der Waals surface area contributed by atoms with Crippen LogP contribution in [-0.2, 0) is 0 Å². The fraction of sp³-hybridized carbons (Fsp3) is 0.625. The summed E-state index contributed by atoms with van der Waals surface area (Å²) >= 11 is 0. The van der Waals surface area contributed by atoms with Gasteiger partial charge in [-0.05, 0) is 56.7 Å². The Morgan fingerprint density at radius 1 is 1.11 bits per heavy atom. The largest absolute Gasteiger partial charge is 0.370 e. The number of hydrogen-bond donors (Lipinski definition) is 1. The highest BCUT2D eigenvalue weighted by Crippen LogP contribution is 2.27. The Morgan fingerprint density at radius 3 is 2.72 bits per heavy atom. The van der Waals surface area contributed by atoms with Crippen LogP contribution in [0.25, 0.3) is 0 Å². The van der Waals surface area contributed by atoms with Crippen LogP contribution in [0.4, 0.5) is 5.69 Å². The van der Waals surface area contributed by atoms with E-state index in [2.05, 4.69) is 42.3 Å². The average molecular weight is 244 g/mol. The van der Waals surface area contributed by atoms with Crippen LogP contribution in [0.15, 0.2) is 18.2 Å². The predicted octanol–water partition coefficient (Wildman–Crippen LogP) is 3.02. The molecule has 1 aromatic rings. The lowest BCUT2D eigenvalue weighted by Crippen LogP contribution is -2.46. The van der Waals surface area contributed by atoms with Crippen molar-refractivity contribution in [3.8, 4) is 0 Å². The van der Waals surface area contributed by atoms with E-state index in [1.807, 2.05) is 0 Å². The molecule has 1 aliphatic carbocycles. The molecule has 2 aliphatic rings. The first-order chi connectivity index (χ1) is 8.72. The van der Waals surface area contributed by atoms with Crippen LogP contribution < -0.4 is 10.2 Å². The first-order valence-corrected chi connectivity index (χ1v) is 7.30. The highest BCUT2D eigenvalue weighted by Gasteiger charge is 2.27. The molecule has 1 atom stereocenters. The number of aryl methyl sites for hydroxylation is 2. The third-order valence-corrected chi connectivity index (χ3v) is 4.18. The van der Waals surface area contributed by atoms with Crippen LogP contribution in [-0.4, -0.2) is 25.2 Å². The fourth-order valence-corrected chi connectivity index (χ4v) is 2.98. The van der Waals surface area contributed by atoms with E-state index in [0.717, 1.165) is 6.04 Å². The van der Waals surface area contributed by atoms with Gasteiger partial charge >= 0.3 is 0 Å². The van der Waals surface area contributed by atoms with Crippen LogP contribution >= 0.6 is 0 Å². The van der Waals surface area contributed by atoms with Crippen LogP contribution in [0.3, 0.4) is 0 Å². The van der Waals surface area contributed by atoms with Crippen molar-refractivity contribution in [1.82, 2.24) is 5.32 Å². The maximum Gasteiger partial charge on any atom is 0.0399 e. The molecule has 1 saturated carbocycles. The third kappa shape index (κ3) is 2.69. The summed E-state index contributed by atoms with van der Waals surface area (Å²) in [5.74, 6) is 0. The molecule has 1 aromatic carbocycles. The number of hydrogen-bond acceptors (Lipinski definition) is 2. The summed E-state index contributed by atoms with van der Waals surface area (Å²) in [6.45, 7) is 6.81. The molecule has 2 fully saturated rings. The van der Waals surface area contributed by atoms with E-state index in [1.165, 1.54) is 55.6 Å². The maximum absolute atomic E-state index is 3.78. The lowest BCUT2D eigenvalue weighted by atomic mass is 10.0. The lowest BCUT2D eigenvalue weighted by molar-refractivity contribution is 0.420.